The highest BCUT2D eigenvalue weighted by Crippen LogP contribution is 2.11. The van der Waals surface area contributed by atoms with Gasteiger partial charge in [0.05, 0.1) is 0 Å². The fourth-order valence-corrected chi connectivity index (χ4v) is 1.93. The van der Waals surface area contributed by atoms with E-state index < -0.39 is 5.97 Å². The number of amides is 1. The Morgan fingerprint density at radius 3 is 2.80 bits per heavy atom. The Bertz CT molecular complexity index is 623. The first-order chi connectivity index (χ1) is 9.60. The molecule has 7 nitrogen and oxygen atoms in total. The summed E-state index contributed by atoms with van der Waals surface area (Å²) in [5.41, 5.74) is 1.80. The number of carboxylic acid groups (broad SMARTS) is 1. The van der Waals surface area contributed by atoms with Crippen molar-refractivity contribution in [2.24, 2.45) is 5.92 Å². The van der Waals surface area contributed by atoms with Crippen molar-refractivity contribution in [1.82, 2.24) is 20.7 Å². The first-order valence-electron chi connectivity index (χ1n) is 6.40. The van der Waals surface area contributed by atoms with Crippen LogP contribution in [0.5, 0.6) is 0 Å². The topological polar surface area (TPSA) is 108 Å². The number of aliphatic carboxylic acids is 1. The van der Waals surface area contributed by atoms with E-state index >= 15 is 0 Å². The van der Waals surface area contributed by atoms with E-state index in [2.05, 4.69) is 20.7 Å². The van der Waals surface area contributed by atoms with E-state index in [4.69, 9.17) is 5.11 Å². The number of rotatable bonds is 6. The van der Waals surface area contributed by atoms with Crippen molar-refractivity contribution in [2.45, 2.75) is 19.8 Å². The van der Waals surface area contributed by atoms with Crippen LogP contribution in [0.2, 0.25) is 0 Å². The highest BCUT2D eigenvalue weighted by molar-refractivity contribution is 5.97. The van der Waals surface area contributed by atoms with Crippen LogP contribution in [-0.4, -0.2) is 38.9 Å². The third-order valence-electron chi connectivity index (χ3n) is 3.17. The lowest BCUT2D eigenvalue weighted by molar-refractivity contribution is -0.138. The third kappa shape index (κ3) is 3.31. The number of nitrogens with one attached hydrogen (secondary N) is 2. The summed E-state index contributed by atoms with van der Waals surface area (Å²) in [5.74, 6) is -1.15. The molecule has 1 unspecified atom stereocenters. The van der Waals surface area contributed by atoms with Crippen LogP contribution in [0.3, 0.4) is 0 Å². The molecule has 106 valence electrons. The molecule has 0 bridgehead atoms. The minimum absolute atomic E-state index is 0.0547. The monoisotopic (exact) mass is 276 g/mol. The summed E-state index contributed by atoms with van der Waals surface area (Å²) in [4.78, 5) is 22.7. The molecule has 1 amide bonds. The van der Waals surface area contributed by atoms with Gasteiger partial charge < -0.3 is 10.4 Å². The van der Waals surface area contributed by atoms with E-state index in [1.807, 2.05) is 6.92 Å². The van der Waals surface area contributed by atoms with E-state index in [1.165, 1.54) is 0 Å². The molecular weight excluding hydrogens is 260 g/mol. The summed E-state index contributed by atoms with van der Waals surface area (Å²) >= 11 is 0. The second-order valence-corrected chi connectivity index (χ2v) is 4.61. The number of carboxylic acids is 1. The van der Waals surface area contributed by atoms with Crippen LogP contribution in [-0.2, 0) is 4.79 Å². The SMILES string of the molecule is CCC(CNC(=O)c1ccc2n[nH]nc2c1)CC(=O)O. The summed E-state index contributed by atoms with van der Waals surface area (Å²) in [6, 6.07) is 5.02. The number of aromatic amines is 1. The average Bonchev–Trinajstić information content (AvgIpc) is 2.89. The maximum absolute atomic E-state index is 12.0. The molecule has 1 aromatic heterocycles. The van der Waals surface area contributed by atoms with Crippen molar-refractivity contribution < 1.29 is 14.7 Å². The highest BCUT2D eigenvalue weighted by atomic mass is 16.4. The number of hydrogen-bond donors (Lipinski definition) is 3. The van der Waals surface area contributed by atoms with Crippen LogP contribution in [0.4, 0.5) is 0 Å². The molecule has 20 heavy (non-hydrogen) atoms. The van der Waals surface area contributed by atoms with Crippen molar-refractivity contribution in [2.75, 3.05) is 6.54 Å². The second-order valence-electron chi connectivity index (χ2n) is 4.61. The summed E-state index contributed by atoms with van der Waals surface area (Å²) in [6.07, 6.45) is 0.758. The van der Waals surface area contributed by atoms with Gasteiger partial charge in [0, 0.05) is 18.5 Å². The van der Waals surface area contributed by atoms with Crippen LogP contribution in [0.15, 0.2) is 18.2 Å². The average molecular weight is 276 g/mol. The summed E-state index contributed by atoms with van der Waals surface area (Å²) < 4.78 is 0. The van der Waals surface area contributed by atoms with Crippen molar-refractivity contribution >= 4 is 22.9 Å². The summed E-state index contributed by atoms with van der Waals surface area (Å²) in [5, 5.41) is 21.8. The smallest absolute Gasteiger partial charge is 0.303 e. The lowest BCUT2D eigenvalue weighted by Gasteiger charge is -2.13. The minimum Gasteiger partial charge on any atom is -0.481 e. The third-order valence-corrected chi connectivity index (χ3v) is 3.17. The summed E-state index contributed by atoms with van der Waals surface area (Å²) in [7, 11) is 0. The zero-order valence-corrected chi connectivity index (χ0v) is 11.1. The number of H-pyrrole nitrogens is 1. The summed E-state index contributed by atoms with van der Waals surface area (Å²) in [6.45, 7) is 2.25. The Morgan fingerprint density at radius 2 is 2.10 bits per heavy atom. The van der Waals surface area contributed by atoms with Gasteiger partial charge in [-0.05, 0) is 24.1 Å². The number of aromatic nitrogens is 3. The van der Waals surface area contributed by atoms with E-state index in [9.17, 15) is 9.59 Å². The molecule has 2 aromatic rings. The molecule has 2 rings (SSSR count). The molecule has 0 fully saturated rings. The van der Waals surface area contributed by atoms with Crippen LogP contribution < -0.4 is 5.32 Å². The van der Waals surface area contributed by atoms with Gasteiger partial charge in [0.1, 0.15) is 11.0 Å². The van der Waals surface area contributed by atoms with Crippen LogP contribution in [0, 0.1) is 5.92 Å². The molecular formula is C13H16N4O3. The number of carbonyl (C=O) groups excluding carboxylic acids is 1. The Hall–Kier alpha value is -2.44. The van der Waals surface area contributed by atoms with Crippen molar-refractivity contribution in [1.29, 1.82) is 0 Å². The predicted octanol–water partition coefficient (Wildman–Crippen LogP) is 1.19. The maximum Gasteiger partial charge on any atom is 0.303 e. The predicted molar refractivity (Wildman–Crippen MR) is 72.3 cm³/mol. The molecule has 1 heterocycles. The normalized spacial score (nSPS) is 12.2. The number of hydrogen-bond acceptors (Lipinski definition) is 4. The maximum atomic E-state index is 12.0. The molecule has 0 radical (unpaired) electrons. The van der Waals surface area contributed by atoms with E-state index in [1.54, 1.807) is 18.2 Å². The van der Waals surface area contributed by atoms with Crippen molar-refractivity contribution in [3.63, 3.8) is 0 Å². The van der Waals surface area contributed by atoms with Gasteiger partial charge in [0.2, 0.25) is 0 Å². The zero-order valence-electron chi connectivity index (χ0n) is 11.1. The Kier molecular flexibility index (Phi) is 4.29. The Morgan fingerprint density at radius 1 is 1.35 bits per heavy atom. The second kappa shape index (κ2) is 6.14. The van der Waals surface area contributed by atoms with E-state index in [0.29, 0.717) is 29.6 Å². The standard InChI is InChI=1S/C13H16N4O3/c1-2-8(5-12(18)19)7-14-13(20)9-3-4-10-11(6-9)16-17-15-10/h3-4,6,8H,2,5,7H2,1H3,(H,14,20)(H,18,19)(H,15,16,17). The van der Waals surface area contributed by atoms with Gasteiger partial charge in [-0.25, -0.2) is 0 Å². The fourth-order valence-electron chi connectivity index (χ4n) is 1.93. The van der Waals surface area contributed by atoms with Gasteiger partial charge >= 0.3 is 5.97 Å². The van der Waals surface area contributed by atoms with E-state index in [-0.39, 0.29) is 18.2 Å². The number of nitrogens with zero attached hydrogens (tertiary/aromatic N) is 2. The fraction of sp³-hybridized carbons (Fsp3) is 0.385. The number of carbonyl (C=O) groups is 2. The number of benzene rings is 1. The Balaban J connectivity index is 1.98. The molecule has 1 aromatic carbocycles. The van der Waals surface area contributed by atoms with Gasteiger partial charge in [-0.2, -0.15) is 15.4 Å². The lowest BCUT2D eigenvalue weighted by Crippen LogP contribution is -2.30. The van der Waals surface area contributed by atoms with Crippen molar-refractivity contribution in [3.05, 3.63) is 23.8 Å². The van der Waals surface area contributed by atoms with Gasteiger partial charge in [-0.1, -0.05) is 13.3 Å². The van der Waals surface area contributed by atoms with Crippen LogP contribution in [0.25, 0.3) is 11.0 Å². The minimum atomic E-state index is -0.852. The molecule has 7 heteroatoms. The molecule has 0 saturated carbocycles. The van der Waals surface area contributed by atoms with Crippen molar-refractivity contribution in [3.8, 4) is 0 Å². The molecule has 3 N–H and O–H groups in total. The number of fused-ring (bicyclic) bond motifs is 1. The van der Waals surface area contributed by atoms with Gasteiger partial charge in [0.15, 0.2) is 0 Å². The van der Waals surface area contributed by atoms with Crippen LogP contribution >= 0.6 is 0 Å². The quantitative estimate of drug-likeness (QED) is 0.734. The zero-order chi connectivity index (χ0) is 14.5. The first kappa shape index (κ1) is 14.0. The van der Waals surface area contributed by atoms with Gasteiger partial charge in [-0.15, -0.1) is 0 Å². The first-order valence-corrected chi connectivity index (χ1v) is 6.40. The van der Waals surface area contributed by atoms with Gasteiger partial charge in [-0.3, -0.25) is 9.59 Å². The van der Waals surface area contributed by atoms with E-state index in [0.717, 1.165) is 0 Å². The molecule has 0 aliphatic heterocycles. The molecule has 1 atom stereocenters. The largest absolute Gasteiger partial charge is 0.481 e. The van der Waals surface area contributed by atoms with Crippen LogP contribution in [0.1, 0.15) is 30.1 Å². The van der Waals surface area contributed by atoms with Gasteiger partial charge in [0.25, 0.3) is 5.91 Å². The Labute approximate surface area is 115 Å². The molecule has 0 aliphatic rings. The molecule has 0 saturated heterocycles. The molecule has 0 spiro atoms. The highest BCUT2D eigenvalue weighted by Gasteiger charge is 2.14. The lowest BCUT2D eigenvalue weighted by atomic mass is 10.0. The molecule has 0 aliphatic carbocycles.